The van der Waals surface area contributed by atoms with Crippen LogP contribution in [0.5, 0.6) is 0 Å². The first-order valence-electron chi connectivity index (χ1n) is 10.9. The van der Waals surface area contributed by atoms with Crippen LogP contribution in [-0.2, 0) is 21.2 Å². The molecule has 0 bridgehead atoms. The Morgan fingerprint density at radius 1 is 1.19 bits per heavy atom. The lowest BCUT2D eigenvalue weighted by Crippen LogP contribution is -2.50. The van der Waals surface area contributed by atoms with Crippen molar-refractivity contribution in [3.05, 3.63) is 65.3 Å². The molecule has 32 heavy (non-hydrogen) atoms. The van der Waals surface area contributed by atoms with Gasteiger partial charge in [0.2, 0.25) is 15.9 Å². The summed E-state index contributed by atoms with van der Waals surface area (Å²) < 4.78 is 29.4. The molecule has 1 amide bonds. The number of piperidine rings is 1. The normalized spacial score (nSPS) is 16.4. The maximum Gasteiger partial charge on any atom is 0.241 e. The van der Waals surface area contributed by atoms with Gasteiger partial charge in [0.1, 0.15) is 6.04 Å². The molecule has 1 aliphatic heterocycles. The van der Waals surface area contributed by atoms with E-state index < -0.39 is 16.1 Å². The van der Waals surface area contributed by atoms with Crippen LogP contribution in [0.25, 0.3) is 10.9 Å². The van der Waals surface area contributed by atoms with E-state index in [1.165, 1.54) is 0 Å². The van der Waals surface area contributed by atoms with Crippen LogP contribution in [0, 0.1) is 5.92 Å². The number of likely N-dealkylation sites (tertiary alicyclic amines) is 1. The standard InChI is InChI=1S/C24H28ClN3O3S/c1-17-11-14-28(15-12-17)24(29)22(9-8-18-4-2-5-19(25)16-18)27-32(30,31)23-7-3-6-21-20(23)10-13-26-21/h2-7,10,13,16-17,22,26-27H,8-9,11-12,14-15H2,1H3. The van der Waals surface area contributed by atoms with Crippen molar-refractivity contribution >= 4 is 38.4 Å². The minimum Gasteiger partial charge on any atom is -0.361 e. The Kier molecular flexibility index (Phi) is 6.88. The summed E-state index contributed by atoms with van der Waals surface area (Å²) in [7, 11) is -3.91. The van der Waals surface area contributed by atoms with Gasteiger partial charge >= 0.3 is 0 Å². The zero-order valence-corrected chi connectivity index (χ0v) is 19.6. The highest BCUT2D eigenvalue weighted by Crippen LogP contribution is 2.24. The summed E-state index contributed by atoms with van der Waals surface area (Å²) in [5.74, 6) is 0.413. The van der Waals surface area contributed by atoms with E-state index in [2.05, 4.69) is 16.6 Å². The van der Waals surface area contributed by atoms with E-state index >= 15 is 0 Å². The van der Waals surface area contributed by atoms with Crippen molar-refractivity contribution in [1.82, 2.24) is 14.6 Å². The number of fused-ring (bicyclic) bond motifs is 1. The van der Waals surface area contributed by atoms with Crippen LogP contribution < -0.4 is 4.72 Å². The number of H-pyrrole nitrogens is 1. The number of benzene rings is 2. The molecule has 2 heterocycles. The molecule has 4 rings (SSSR count). The van der Waals surface area contributed by atoms with Crippen molar-refractivity contribution in [2.45, 2.75) is 43.5 Å². The van der Waals surface area contributed by atoms with Crippen LogP contribution in [-0.4, -0.2) is 43.3 Å². The first-order chi connectivity index (χ1) is 15.3. The van der Waals surface area contributed by atoms with Crippen molar-refractivity contribution in [3.63, 3.8) is 0 Å². The van der Waals surface area contributed by atoms with Crippen LogP contribution in [0.1, 0.15) is 31.7 Å². The molecule has 6 nitrogen and oxygen atoms in total. The summed E-state index contributed by atoms with van der Waals surface area (Å²) in [5, 5.41) is 1.22. The maximum absolute atomic E-state index is 13.4. The second-order valence-electron chi connectivity index (χ2n) is 8.55. The molecule has 8 heteroatoms. The van der Waals surface area contributed by atoms with Crippen molar-refractivity contribution in [2.24, 2.45) is 5.92 Å². The zero-order chi connectivity index (χ0) is 22.7. The number of carbonyl (C=O) groups is 1. The first-order valence-corrected chi connectivity index (χ1v) is 12.8. The van der Waals surface area contributed by atoms with Gasteiger partial charge in [0.15, 0.2) is 0 Å². The molecule has 1 atom stereocenters. The van der Waals surface area contributed by atoms with E-state index in [0.717, 1.165) is 23.9 Å². The van der Waals surface area contributed by atoms with Gasteiger partial charge < -0.3 is 9.88 Å². The van der Waals surface area contributed by atoms with Crippen LogP contribution in [0.3, 0.4) is 0 Å². The summed E-state index contributed by atoms with van der Waals surface area (Å²) in [6.45, 7) is 3.49. The van der Waals surface area contributed by atoms with Gasteiger partial charge in [-0.25, -0.2) is 8.42 Å². The third-order valence-electron chi connectivity index (χ3n) is 6.15. The van der Waals surface area contributed by atoms with Crippen LogP contribution in [0.4, 0.5) is 0 Å². The van der Waals surface area contributed by atoms with E-state index in [9.17, 15) is 13.2 Å². The van der Waals surface area contributed by atoms with Crippen molar-refractivity contribution < 1.29 is 13.2 Å². The fourth-order valence-corrected chi connectivity index (χ4v) is 5.89. The summed E-state index contributed by atoms with van der Waals surface area (Å²) in [6.07, 6.45) is 4.47. The molecule has 0 aliphatic carbocycles. The minimum atomic E-state index is -3.91. The Morgan fingerprint density at radius 3 is 2.69 bits per heavy atom. The number of aromatic nitrogens is 1. The van der Waals surface area contributed by atoms with E-state index in [4.69, 9.17) is 11.6 Å². The topological polar surface area (TPSA) is 82.3 Å². The second-order valence-corrected chi connectivity index (χ2v) is 10.7. The third-order valence-corrected chi connectivity index (χ3v) is 7.91. The summed E-state index contributed by atoms with van der Waals surface area (Å²) >= 11 is 6.10. The molecule has 1 aromatic heterocycles. The van der Waals surface area contributed by atoms with Gasteiger partial charge in [-0.2, -0.15) is 4.72 Å². The summed E-state index contributed by atoms with van der Waals surface area (Å²) in [5.41, 5.74) is 1.70. The van der Waals surface area contributed by atoms with Gasteiger partial charge in [-0.05, 0) is 67.5 Å². The van der Waals surface area contributed by atoms with Gasteiger partial charge in [0.05, 0.1) is 4.90 Å². The molecule has 3 aromatic rings. The molecule has 0 spiro atoms. The second kappa shape index (κ2) is 9.65. The number of sulfonamides is 1. The molecular weight excluding hydrogens is 446 g/mol. The molecule has 1 unspecified atom stereocenters. The Labute approximate surface area is 194 Å². The molecule has 170 valence electrons. The van der Waals surface area contributed by atoms with Crippen LogP contribution >= 0.6 is 11.6 Å². The average Bonchev–Trinajstić information content (AvgIpc) is 3.25. The Balaban J connectivity index is 1.59. The van der Waals surface area contributed by atoms with Gasteiger partial charge in [-0.15, -0.1) is 0 Å². The number of nitrogens with one attached hydrogen (secondary N) is 2. The molecule has 0 radical (unpaired) electrons. The van der Waals surface area contributed by atoms with Gasteiger partial charge in [0, 0.05) is 35.2 Å². The number of hydrogen-bond donors (Lipinski definition) is 2. The fourth-order valence-electron chi connectivity index (χ4n) is 4.23. The van der Waals surface area contributed by atoms with Crippen molar-refractivity contribution in [2.75, 3.05) is 13.1 Å². The quantitative estimate of drug-likeness (QED) is 0.534. The average molecular weight is 474 g/mol. The minimum absolute atomic E-state index is 0.163. The van der Waals surface area contributed by atoms with Crippen LogP contribution in [0.15, 0.2) is 59.6 Å². The molecule has 2 aromatic carbocycles. The van der Waals surface area contributed by atoms with Gasteiger partial charge in [-0.1, -0.05) is 36.7 Å². The highest BCUT2D eigenvalue weighted by molar-refractivity contribution is 7.89. The molecule has 1 saturated heterocycles. The number of aryl methyl sites for hydroxylation is 1. The fraction of sp³-hybridized carbons (Fsp3) is 0.375. The third kappa shape index (κ3) is 5.17. The number of carbonyl (C=O) groups excluding carboxylic acids is 1. The van der Waals surface area contributed by atoms with E-state index in [1.807, 2.05) is 24.3 Å². The van der Waals surface area contributed by atoms with E-state index in [-0.39, 0.29) is 10.8 Å². The lowest BCUT2D eigenvalue weighted by atomic mass is 9.98. The first kappa shape index (κ1) is 22.8. The molecule has 1 aliphatic rings. The number of halogens is 1. The number of hydrogen-bond acceptors (Lipinski definition) is 3. The van der Waals surface area contributed by atoms with Gasteiger partial charge in [0.25, 0.3) is 0 Å². The largest absolute Gasteiger partial charge is 0.361 e. The maximum atomic E-state index is 13.4. The Hall–Kier alpha value is -2.35. The molecular formula is C24H28ClN3O3S. The SMILES string of the molecule is CC1CCN(C(=O)C(CCc2cccc(Cl)c2)NS(=O)(=O)c2cccc3[nH]ccc23)CC1. The van der Waals surface area contributed by atoms with Crippen LogP contribution in [0.2, 0.25) is 5.02 Å². The monoisotopic (exact) mass is 473 g/mol. The number of amides is 1. The highest BCUT2D eigenvalue weighted by Gasteiger charge is 2.31. The summed E-state index contributed by atoms with van der Waals surface area (Å²) in [4.78, 5) is 18.4. The van der Waals surface area contributed by atoms with E-state index in [1.54, 1.807) is 35.4 Å². The number of aromatic amines is 1. The smallest absolute Gasteiger partial charge is 0.241 e. The van der Waals surface area contributed by atoms with Crippen molar-refractivity contribution in [3.8, 4) is 0 Å². The molecule has 1 fully saturated rings. The number of rotatable bonds is 7. The predicted octanol–water partition coefficient (Wildman–Crippen LogP) is 4.36. The Morgan fingerprint density at radius 2 is 1.94 bits per heavy atom. The van der Waals surface area contributed by atoms with Crippen molar-refractivity contribution in [1.29, 1.82) is 0 Å². The molecule has 0 saturated carbocycles. The zero-order valence-electron chi connectivity index (χ0n) is 18.1. The highest BCUT2D eigenvalue weighted by atomic mass is 35.5. The lowest BCUT2D eigenvalue weighted by molar-refractivity contribution is -0.134. The van der Waals surface area contributed by atoms with Gasteiger partial charge in [-0.3, -0.25) is 4.79 Å². The van der Waals surface area contributed by atoms with E-state index in [0.29, 0.717) is 42.3 Å². The summed E-state index contributed by atoms with van der Waals surface area (Å²) in [6, 6.07) is 13.4. The number of nitrogens with zero attached hydrogens (tertiary/aromatic N) is 1. The predicted molar refractivity (Wildman–Crippen MR) is 127 cm³/mol. The lowest BCUT2D eigenvalue weighted by Gasteiger charge is -2.33. The molecule has 2 N–H and O–H groups in total. The Bertz CT molecular complexity index is 1200.